The molecule has 150 valence electrons. The van der Waals surface area contributed by atoms with Gasteiger partial charge in [0.15, 0.2) is 0 Å². The molecule has 0 atom stereocenters. The van der Waals surface area contributed by atoms with Crippen LogP contribution >= 0.6 is 11.6 Å². The molecule has 4 rings (SSSR count). The Kier molecular flexibility index (Phi) is 5.50. The number of halogens is 1. The van der Waals surface area contributed by atoms with Crippen molar-refractivity contribution in [3.05, 3.63) is 88.9 Å². The topological polar surface area (TPSA) is 75.7 Å². The lowest BCUT2D eigenvalue weighted by atomic mass is 10.1. The maximum Gasteiger partial charge on any atom is 0.266 e. The average Bonchev–Trinajstić information content (AvgIpc) is 3.00. The van der Waals surface area contributed by atoms with E-state index in [1.165, 1.54) is 0 Å². The number of hydrogen-bond donors (Lipinski definition) is 1. The maximum absolute atomic E-state index is 12.6. The smallest absolute Gasteiger partial charge is 0.266 e. The first-order chi connectivity index (χ1) is 14.5. The first-order valence-electron chi connectivity index (χ1n) is 9.29. The molecule has 0 saturated heterocycles. The van der Waals surface area contributed by atoms with Crippen LogP contribution in [0.4, 0.5) is 11.4 Å². The fraction of sp³-hybridized carbons (Fsp3) is 0.0870. The van der Waals surface area contributed by atoms with Crippen LogP contribution in [0.25, 0.3) is 0 Å². The molecule has 0 unspecified atom stereocenters. The number of hydrogen-bond acceptors (Lipinski definition) is 4. The summed E-state index contributed by atoms with van der Waals surface area (Å²) in [5.41, 5.74) is 1.63. The molecular weight excluding hydrogens is 404 g/mol. The maximum atomic E-state index is 12.6. The summed E-state index contributed by atoms with van der Waals surface area (Å²) in [4.78, 5) is 38.6. The van der Waals surface area contributed by atoms with Crippen molar-refractivity contribution in [1.82, 2.24) is 0 Å². The zero-order valence-electron chi connectivity index (χ0n) is 15.8. The zero-order valence-corrected chi connectivity index (χ0v) is 16.6. The minimum Gasteiger partial charge on any atom is -0.493 e. The molecule has 0 aromatic heterocycles. The van der Waals surface area contributed by atoms with Crippen molar-refractivity contribution in [2.75, 3.05) is 16.8 Å². The number of ether oxygens (including phenoxy) is 1. The van der Waals surface area contributed by atoms with Gasteiger partial charge >= 0.3 is 0 Å². The fourth-order valence-corrected chi connectivity index (χ4v) is 3.29. The molecule has 7 heteroatoms. The number of imide groups is 1. The second-order valence-electron chi connectivity index (χ2n) is 6.64. The van der Waals surface area contributed by atoms with Gasteiger partial charge in [0.2, 0.25) is 5.91 Å². The Labute approximate surface area is 178 Å². The van der Waals surface area contributed by atoms with Crippen molar-refractivity contribution >= 4 is 40.7 Å². The summed E-state index contributed by atoms with van der Waals surface area (Å²) in [6.07, 6.45) is 0.139. The van der Waals surface area contributed by atoms with E-state index >= 15 is 0 Å². The molecule has 1 N–H and O–H groups in total. The van der Waals surface area contributed by atoms with Crippen molar-refractivity contribution in [2.45, 2.75) is 6.42 Å². The van der Waals surface area contributed by atoms with E-state index in [2.05, 4.69) is 5.32 Å². The van der Waals surface area contributed by atoms with Crippen molar-refractivity contribution in [3.8, 4) is 5.75 Å². The third-order valence-electron chi connectivity index (χ3n) is 4.59. The average molecular weight is 421 g/mol. The molecule has 3 amide bonds. The standard InChI is InChI=1S/C23H17ClN2O4/c24-15-8-10-18(11-9-15)30-13-12-21(27)25-16-4-3-5-17(14-16)26-22(28)19-6-1-2-7-20(19)23(26)29/h1-11,14H,12-13H2,(H,25,27). The molecule has 3 aromatic carbocycles. The summed E-state index contributed by atoms with van der Waals surface area (Å²) in [6.45, 7) is 0.200. The third-order valence-corrected chi connectivity index (χ3v) is 4.85. The Bertz CT molecular complexity index is 1090. The molecule has 0 radical (unpaired) electrons. The SMILES string of the molecule is O=C(CCOc1ccc(Cl)cc1)Nc1cccc(N2C(=O)c3ccccc3C2=O)c1. The Hall–Kier alpha value is -3.64. The number of fused-ring (bicyclic) bond motifs is 1. The zero-order chi connectivity index (χ0) is 21.1. The lowest BCUT2D eigenvalue weighted by Gasteiger charge is -2.15. The number of nitrogens with zero attached hydrogens (tertiary/aromatic N) is 1. The van der Waals surface area contributed by atoms with E-state index in [-0.39, 0.29) is 30.7 Å². The monoisotopic (exact) mass is 420 g/mol. The quantitative estimate of drug-likeness (QED) is 0.593. The molecule has 0 spiro atoms. The number of anilines is 2. The molecular formula is C23H17ClN2O4. The van der Waals surface area contributed by atoms with Gasteiger partial charge in [-0.05, 0) is 54.6 Å². The predicted molar refractivity (Wildman–Crippen MR) is 114 cm³/mol. The van der Waals surface area contributed by atoms with E-state index < -0.39 is 0 Å². The highest BCUT2D eigenvalue weighted by Gasteiger charge is 2.36. The highest BCUT2D eigenvalue weighted by atomic mass is 35.5. The van der Waals surface area contributed by atoms with Crippen LogP contribution in [0.2, 0.25) is 5.02 Å². The van der Waals surface area contributed by atoms with Gasteiger partial charge in [-0.3, -0.25) is 14.4 Å². The minimum absolute atomic E-state index is 0.139. The Balaban J connectivity index is 1.39. The highest BCUT2D eigenvalue weighted by Crippen LogP contribution is 2.29. The first kappa shape index (κ1) is 19.7. The summed E-state index contributed by atoms with van der Waals surface area (Å²) in [6, 6.07) is 20.2. The van der Waals surface area contributed by atoms with Gasteiger partial charge in [0.1, 0.15) is 5.75 Å². The second-order valence-corrected chi connectivity index (χ2v) is 7.08. The summed E-state index contributed by atoms with van der Waals surface area (Å²) in [5.74, 6) is -0.380. The number of benzene rings is 3. The minimum atomic E-state index is -0.379. The Morgan fingerprint density at radius 3 is 2.23 bits per heavy atom. The molecule has 1 aliphatic heterocycles. The van der Waals surface area contributed by atoms with Crippen molar-refractivity contribution in [1.29, 1.82) is 0 Å². The van der Waals surface area contributed by atoms with Gasteiger partial charge in [-0.2, -0.15) is 0 Å². The van der Waals surface area contributed by atoms with Gasteiger partial charge < -0.3 is 10.1 Å². The van der Waals surface area contributed by atoms with Crippen LogP contribution in [-0.2, 0) is 4.79 Å². The van der Waals surface area contributed by atoms with Crippen LogP contribution < -0.4 is 15.0 Å². The van der Waals surface area contributed by atoms with Gasteiger partial charge in [0.05, 0.1) is 29.8 Å². The molecule has 0 aliphatic carbocycles. The first-order valence-corrected chi connectivity index (χ1v) is 9.67. The number of carbonyl (C=O) groups is 3. The molecule has 0 bridgehead atoms. The molecule has 0 fully saturated rings. The number of nitrogens with one attached hydrogen (secondary N) is 1. The largest absolute Gasteiger partial charge is 0.493 e. The summed E-state index contributed by atoms with van der Waals surface area (Å²) in [7, 11) is 0. The van der Waals surface area contributed by atoms with Crippen LogP contribution in [0.3, 0.4) is 0 Å². The second kappa shape index (κ2) is 8.39. The van der Waals surface area contributed by atoms with Crippen LogP contribution in [0.15, 0.2) is 72.8 Å². The van der Waals surface area contributed by atoms with E-state index in [1.54, 1.807) is 72.8 Å². The van der Waals surface area contributed by atoms with Crippen LogP contribution in [0, 0.1) is 0 Å². The van der Waals surface area contributed by atoms with E-state index in [4.69, 9.17) is 16.3 Å². The molecule has 0 saturated carbocycles. The van der Waals surface area contributed by atoms with Gasteiger partial charge in [-0.15, -0.1) is 0 Å². The van der Waals surface area contributed by atoms with Crippen molar-refractivity contribution in [3.63, 3.8) is 0 Å². The van der Waals surface area contributed by atoms with Crippen molar-refractivity contribution < 1.29 is 19.1 Å². The normalized spacial score (nSPS) is 12.6. The predicted octanol–water partition coefficient (Wildman–Crippen LogP) is 4.55. The van der Waals surface area contributed by atoms with E-state index in [1.807, 2.05) is 0 Å². The number of rotatable bonds is 6. The molecule has 30 heavy (non-hydrogen) atoms. The van der Waals surface area contributed by atoms with Gasteiger partial charge in [-0.25, -0.2) is 4.90 Å². The van der Waals surface area contributed by atoms with Crippen LogP contribution in [-0.4, -0.2) is 24.3 Å². The Morgan fingerprint density at radius 1 is 0.900 bits per heavy atom. The van der Waals surface area contributed by atoms with Gasteiger partial charge in [0.25, 0.3) is 11.8 Å². The van der Waals surface area contributed by atoms with Crippen LogP contribution in [0.1, 0.15) is 27.1 Å². The summed E-state index contributed by atoms with van der Waals surface area (Å²) < 4.78 is 5.52. The van der Waals surface area contributed by atoms with E-state index in [0.29, 0.717) is 33.3 Å². The lowest BCUT2D eigenvalue weighted by molar-refractivity contribution is -0.116. The molecule has 1 heterocycles. The summed E-state index contributed by atoms with van der Waals surface area (Å²) in [5, 5.41) is 3.37. The number of amides is 3. The molecule has 6 nitrogen and oxygen atoms in total. The fourth-order valence-electron chi connectivity index (χ4n) is 3.16. The molecule has 3 aromatic rings. The van der Waals surface area contributed by atoms with Crippen LogP contribution in [0.5, 0.6) is 5.75 Å². The third kappa shape index (κ3) is 4.04. The van der Waals surface area contributed by atoms with Crippen molar-refractivity contribution in [2.24, 2.45) is 0 Å². The van der Waals surface area contributed by atoms with E-state index in [9.17, 15) is 14.4 Å². The van der Waals surface area contributed by atoms with E-state index in [0.717, 1.165) is 4.90 Å². The lowest BCUT2D eigenvalue weighted by Crippen LogP contribution is -2.29. The Morgan fingerprint density at radius 2 is 1.57 bits per heavy atom. The van der Waals surface area contributed by atoms with Gasteiger partial charge in [0, 0.05) is 10.7 Å². The number of carbonyl (C=O) groups excluding carboxylic acids is 3. The van der Waals surface area contributed by atoms with Gasteiger partial charge in [-0.1, -0.05) is 29.8 Å². The highest BCUT2D eigenvalue weighted by molar-refractivity contribution is 6.34. The molecule has 1 aliphatic rings. The summed E-state index contributed by atoms with van der Waals surface area (Å²) >= 11 is 5.83.